The van der Waals surface area contributed by atoms with Crippen molar-refractivity contribution in [3.63, 3.8) is 0 Å². The fraction of sp³-hybridized carbons (Fsp3) is 0.200. The van der Waals surface area contributed by atoms with Crippen LogP contribution in [-0.4, -0.2) is 16.9 Å². The number of nitrogen functional groups attached to an aromatic ring is 1. The van der Waals surface area contributed by atoms with Crippen molar-refractivity contribution >= 4 is 17.3 Å². The average molecular weight is 253 g/mol. The summed E-state index contributed by atoms with van der Waals surface area (Å²) in [5.41, 5.74) is 8.98. The van der Waals surface area contributed by atoms with Crippen LogP contribution in [-0.2, 0) is 6.42 Å². The number of amides is 1. The number of hydrogen-bond donors (Lipinski definition) is 1. The molecule has 0 radical (unpaired) electrons. The molecular formula is C15H15N3O. The Hall–Kier alpha value is -2.36. The Balaban J connectivity index is 2.03. The molecule has 0 saturated heterocycles. The maximum atomic E-state index is 12.6. The summed E-state index contributed by atoms with van der Waals surface area (Å²) in [6.07, 6.45) is 4.00. The van der Waals surface area contributed by atoms with Gasteiger partial charge in [0.05, 0.1) is 5.56 Å². The number of para-hydroxylation sites is 1. The Bertz CT molecular complexity index is 639. The first kappa shape index (κ1) is 11.7. The van der Waals surface area contributed by atoms with Crippen molar-refractivity contribution in [1.82, 2.24) is 4.98 Å². The monoisotopic (exact) mass is 253 g/mol. The van der Waals surface area contributed by atoms with Crippen molar-refractivity contribution in [3.8, 4) is 0 Å². The zero-order valence-electron chi connectivity index (χ0n) is 10.7. The number of nitrogens with two attached hydrogens (primary N) is 1. The Kier molecular flexibility index (Phi) is 2.71. The van der Waals surface area contributed by atoms with Crippen LogP contribution in [0.25, 0.3) is 0 Å². The van der Waals surface area contributed by atoms with Gasteiger partial charge < -0.3 is 10.6 Å². The zero-order valence-corrected chi connectivity index (χ0v) is 10.7. The van der Waals surface area contributed by atoms with Gasteiger partial charge in [-0.3, -0.25) is 9.78 Å². The van der Waals surface area contributed by atoms with Crippen LogP contribution >= 0.6 is 0 Å². The van der Waals surface area contributed by atoms with Crippen LogP contribution in [0.3, 0.4) is 0 Å². The summed E-state index contributed by atoms with van der Waals surface area (Å²) < 4.78 is 0. The second kappa shape index (κ2) is 4.39. The van der Waals surface area contributed by atoms with E-state index in [0.29, 0.717) is 11.3 Å². The minimum atomic E-state index is -0.0805. The number of carbonyl (C=O) groups excluding carboxylic acids is 1. The number of nitrogens with zero attached hydrogens (tertiary/aromatic N) is 2. The molecular weight excluding hydrogens is 238 g/mol. The van der Waals surface area contributed by atoms with Crippen molar-refractivity contribution in [1.29, 1.82) is 0 Å². The lowest BCUT2D eigenvalue weighted by molar-refractivity contribution is 0.0982. The molecule has 4 nitrogen and oxygen atoms in total. The highest BCUT2D eigenvalue weighted by atomic mass is 16.2. The molecule has 2 N–H and O–H groups in total. The molecule has 19 heavy (non-hydrogen) atoms. The maximum Gasteiger partial charge on any atom is 0.262 e. The van der Waals surface area contributed by atoms with E-state index in [1.54, 1.807) is 12.3 Å². The summed E-state index contributed by atoms with van der Waals surface area (Å²) in [6.45, 7) is 2.05. The molecule has 0 saturated carbocycles. The number of benzene rings is 1. The van der Waals surface area contributed by atoms with E-state index in [4.69, 9.17) is 5.73 Å². The molecule has 0 spiro atoms. The molecule has 1 amide bonds. The summed E-state index contributed by atoms with van der Waals surface area (Å²) in [4.78, 5) is 18.4. The smallest absolute Gasteiger partial charge is 0.262 e. The zero-order chi connectivity index (χ0) is 13.4. The first-order chi connectivity index (χ1) is 9.18. The van der Waals surface area contributed by atoms with Crippen molar-refractivity contribution in [3.05, 3.63) is 53.9 Å². The highest BCUT2D eigenvalue weighted by Gasteiger charge is 2.31. The summed E-state index contributed by atoms with van der Waals surface area (Å²) in [5, 5.41) is 0. The van der Waals surface area contributed by atoms with Crippen molar-refractivity contribution in [2.45, 2.75) is 19.4 Å². The van der Waals surface area contributed by atoms with Gasteiger partial charge in [-0.05, 0) is 31.0 Å². The molecule has 1 aromatic carbocycles. The van der Waals surface area contributed by atoms with E-state index in [-0.39, 0.29) is 11.9 Å². The second-order valence-corrected chi connectivity index (χ2v) is 4.82. The Labute approximate surface area is 111 Å². The second-order valence-electron chi connectivity index (χ2n) is 4.82. The van der Waals surface area contributed by atoms with Gasteiger partial charge in [0.1, 0.15) is 0 Å². The van der Waals surface area contributed by atoms with Crippen LogP contribution < -0.4 is 10.6 Å². The summed E-state index contributed by atoms with van der Waals surface area (Å²) >= 11 is 0. The van der Waals surface area contributed by atoms with Gasteiger partial charge in [-0.1, -0.05) is 18.2 Å². The lowest BCUT2D eigenvalue weighted by atomic mass is 10.1. The fourth-order valence-electron chi connectivity index (χ4n) is 2.59. The molecule has 1 unspecified atom stereocenters. The molecule has 2 aromatic rings. The molecule has 96 valence electrons. The minimum absolute atomic E-state index is 0.0805. The number of pyridine rings is 1. The number of hydrogen-bond acceptors (Lipinski definition) is 3. The molecule has 0 fully saturated rings. The average Bonchev–Trinajstić information content (AvgIpc) is 2.74. The van der Waals surface area contributed by atoms with E-state index < -0.39 is 0 Å². The number of anilines is 2. The third-order valence-corrected chi connectivity index (χ3v) is 3.51. The van der Waals surface area contributed by atoms with Crippen molar-refractivity contribution in [2.75, 3.05) is 10.6 Å². The number of carbonyl (C=O) groups is 1. The van der Waals surface area contributed by atoms with Gasteiger partial charge in [-0.25, -0.2) is 0 Å². The van der Waals surface area contributed by atoms with Crippen LogP contribution in [0.15, 0.2) is 42.7 Å². The van der Waals surface area contributed by atoms with Gasteiger partial charge >= 0.3 is 0 Å². The van der Waals surface area contributed by atoms with Gasteiger partial charge in [0.2, 0.25) is 0 Å². The van der Waals surface area contributed by atoms with Crippen LogP contribution in [0.5, 0.6) is 0 Å². The lowest BCUT2D eigenvalue weighted by Crippen LogP contribution is -2.36. The van der Waals surface area contributed by atoms with Gasteiger partial charge in [0.15, 0.2) is 0 Å². The first-order valence-electron chi connectivity index (χ1n) is 6.29. The molecule has 0 bridgehead atoms. The summed E-state index contributed by atoms with van der Waals surface area (Å²) in [7, 11) is 0. The molecule has 0 aliphatic carbocycles. The molecule has 1 aliphatic heterocycles. The molecule has 1 atom stereocenters. The van der Waals surface area contributed by atoms with E-state index >= 15 is 0 Å². The Morgan fingerprint density at radius 2 is 2.16 bits per heavy atom. The van der Waals surface area contributed by atoms with E-state index in [1.165, 1.54) is 11.8 Å². The van der Waals surface area contributed by atoms with E-state index in [9.17, 15) is 4.79 Å². The van der Waals surface area contributed by atoms with E-state index in [2.05, 4.69) is 11.1 Å². The minimum Gasteiger partial charge on any atom is -0.398 e. The fourth-order valence-corrected chi connectivity index (χ4v) is 2.59. The molecule has 1 aliphatic rings. The van der Waals surface area contributed by atoms with Gasteiger partial charge in [0, 0.05) is 29.8 Å². The lowest BCUT2D eigenvalue weighted by Gasteiger charge is -2.23. The van der Waals surface area contributed by atoms with Gasteiger partial charge in [-0.2, -0.15) is 0 Å². The highest BCUT2D eigenvalue weighted by Crippen LogP contribution is 2.33. The third kappa shape index (κ3) is 1.85. The summed E-state index contributed by atoms with van der Waals surface area (Å²) in [6, 6.07) is 9.78. The quantitative estimate of drug-likeness (QED) is 0.848. The van der Waals surface area contributed by atoms with Crippen LogP contribution in [0.1, 0.15) is 22.8 Å². The molecule has 3 rings (SSSR count). The first-order valence-corrected chi connectivity index (χ1v) is 6.29. The predicted molar refractivity (Wildman–Crippen MR) is 75.1 cm³/mol. The van der Waals surface area contributed by atoms with Gasteiger partial charge in [0.25, 0.3) is 5.91 Å². The predicted octanol–water partition coefficient (Wildman–Crippen LogP) is 2.26. The van der Waals surface area contributed by atoms with Gasteiger partial charge in [-0.15, -0.1) is 0 Å². The van der Waals surface area contributed by atoms with E-state index in [0.717, 1.165) is 12.1 Å². The Morgan fingerprint density at radius 3 is 2.95 bits per heavy atom. The third-order valence-electron chi connectivity index (χ3n) is 3.51. The standard InChI is InChI=1S/C15H15N3O/c1-10-8-11-4-2-3-5-14(11)18(10)15(19)12-9-17-7-6-13(12)16/h2-7,9-10H,8H2,1H3,(H2,16,17). The van der Waals surface area contributed by atoms with Crippen molar-refractivity contribution < 1.29 is 4.79 Å². The Morgan fingerprint density at radius 1 is 1.37 bits per heavy atom. The SMILES string of the molecule is CC1Cc2ccccc2N1C(=O)c1cnccc1N. The molecule has 2 heterocycles. The number of fused-ring (bicyclic) bond motifs is 1. The van der Waals surface area contributed by atoms with Crippen LogP contribution in [0.2, 0.25) is 0 Å². The number of rotatable bonds is 1. The summed E-state index contributed by atoms with van der Waals surface area (Å²) in [5.74, 6) is -0.0805. The largest absolute Gasteiger partial charge is 0.398 e. The van der Waals surface area contributed by atoms with E-state index in [1.807, 2.05) is 30.0 Å². The molecule has 4 heteroatoms. The highest BCUT2D eigenvalue weighted by molar-refractivity contribution is 6.10. The normalized spacial score (nSPS) is 17.3. The topological polar surface area (TPSA) is 59.2 Å². The molecule has 1 aromatic heterocycles. The van der Waals surface area contributed by atoms with Crippen molar-refractivity contribution in [2.24, 2.45) is 0 Å². The maximum absolute atomic E-state index is 12.6. The number of aromatic nitrogens is 1. The van der Waals surface area contributed by atoms with Crippen LogP contribution in [0, 0.1) is 0 Å². The van der Waals surface area contributed by atoms with Crippen LogP contribution in [0.4, 0.5) is 11.4 Å².